The Hall–Kier alpha value is -2.60. The van der Waals surface area contributed by atoms with E-state index in [4.69, 9.17) is 4.74 Å². The highest BCUT2D eigenvalue weighted by atomic mass is 32.2. The first kappa shape index (κ1) is 16.3. The van der Waals surface area contributed by atoms with Gasteiger partial charge in [0, 0.05) is 0 Å². The maximum absolute atomic E-state index is 13.2. The van der Waals surface area contributed by atoms with Crippen molar-refractivity contribution >= 4 is 34.7 Å². The maximum Gasteiger partial charge on any atom is 0.298 e. The molecule has 0 aromatic heterocycles. The first-order valence-corrected chi connectivity index (χ1v) is 8.16. The Bertz CT molecular complexity index is 817. The SMILES string of the molecule is CCOc1ccc(N2C(=O)S/C(=C/c3cccc(F)c3)C2=O)cc1. The first-order chi connectivity index (χ1) is 11.6. The fourth-order valence-corrected chi connectivity index (χ4v) is 3.14. The van der Waals surface area contributed by atoms with E-state index in [1.54, 1.807) is 36.4 Å². The molecule has 3 rings (SSSR count). The fourth-order valence-electron chi connectivity index (χ4n) is 2.30. The van der Waals surface area contributed by atoms with Gasteiger partial charge in [-0.15, -0.1) is 0 Å². The number of hydrogen-bond donors (Lipinski definition) is 0. The molecular formula is C18H14FNO3S. The van der Waals surface area contributed by atoms with Crippen LogP contribution in [0.5, 0.6) is 5.75 Å². The number of halogens is 1. The van der Waals surface area contributed by atoms with Crippen LogP contribution in [0.2, 0.25) is 0 Å². The Morgan fingerprint density at radius 1 is 1.17 bits per heavy atom. The quantitative estimate of drug-likeness (QED) is 0.769. The van der Waals surface area contributed by atoms with Crippen molar-refractivity contribution in [2.75, 3.05) is 11.5 Å². The van der Waals surface area contributed by atoms with Gasteiger partial charge in [0.2, 0.25) is 0 Å². The lowest BCUT2D eigenvalue weighted by Gasteiger charge is -2.13. The molecule has 0 spiro atoms. The molecule has 0 radical (unpaired) electrons. The van der Waals surface area contributed by atoms with Gasteiger partial charge in [-0.05, 0) is 66.7 Å². The van der Waals surface area contributed by atoms with Crippen molar-refractivity contribution in [2.24, 2.45) is 0 Å². The molecule has 0 atom stereocenters. The molecule has 1 aliphatic rings. The second-order valence-electron chi connectivity index (χ2n) is 5.00. The van der Waals surface area contributed by atoms with Crippen molar-refractivity contribution in [3.63, 3.8) is 0 Å². The summed E-state index contributed by atoms with van der Waals surface area (Å²) in [5.74, 6) is -0.142. The van der Waals surface area contributed by atoms with Crippen LogP contribution in [0.1, 0.15) is 12.5 Å². The highest BCUT2D eigenvalue weighted by molar-refractivity contribution is 8.19. The van der Waals surface area contributed by atoms with Crippen LogP contribution in [0.15, 0.2) is 53.4 Å². The van der Waals surface area contributed by atoms with Crippen LogP contribution < -0.4 is 9.64 Å². The summed E-state index contributed by atoms with van der Waals surface area (Å²) >= 11 is 0.837. The minimum atomic E-state index is -0.418. The van der Waals surface area contributed by atoms with E-state index in [9.17, 15) is 14.0 Å². The van der Waals surface area contributed by atoms with Crippen LogP contribution in [0.25, 0.3) is 6.08 Å². The van der Waals surface area contributed by atoms with Crippen molar-refractivity contribution in [3.05, 3.63) is 64.8 Å². The monoisotopic (exact) mass is 343 g/mol. The van der Waals surface area contributed by atoms with E-state index in [0.29, 0.717) is 23.6 Å². The molecule has 0 aliphatic carbocycles. The van der Waals surface area contributed by atoms with Crippen molar-refractivity contribution < 1.29 is 18.7 Å². The predicted octanol–water partition coefficient (Wildman–Crippen LogP) is 4.47. The average Bonchev–Trinajstić information content (AvgIpc) is 2.83. The average molecular weight is 343 g/mol. The van der Waals surface area contributed by atoms with Gasteiger partial charge in [-0.25, -0.2) is 9.29 Å². The largest absolute Gasteiger partial charge is 0.494 e. The van der Waals surface area contributed by atoms with Crippen LogP contribution in [0.4, 0.5) is 14.9 Å². The highest BCUT2D eigenvalue weighted by Crippen LogP contribution is 2.36. The number of anilines is 1. The molecule has 0 unspecified atom stereocenters. The summed E-state index contributed by atoms with van der Waals surface area (Å²) in [5, 5.41) is -0.383. The second-order valence-corrected chi connectivity index (χ2v) is 5.99. The van der Waals surface area contributed by atoms with Crippen molar-refractivity contribution in [1.29, 1.82) is 0 Å². The lowest BCUT2D eigenvalue weighted by atomic mass is 10.2. The number of carbonyl (C=O) groups is 2. The van der Waals surface area contributed by atoms with Crippen LogP contribution in [-0.4, -0.2) is 17.8 Å². The highest BCUT2D eigenvalue weighted by Gasteiger charge is 2.36. The molecule has 1 fully saturated rings. The summed E-state index contributed by atoms with van der Waals surface area (Å²) in [4.78, 5) is 26.1. The number of rotatable bonds is 4. The van der Waals surface area contributed by atoms with Crippen LogP contribution in [-0.2, 0) is 4.79 Å². The van der Waals surface area contributed by atoms with Gasteiger partial charge in [0.05, 0.1) is 17.2 Å². The number of thioether (sulfide) groups is 1. The summed E-state index contributed by atoms with van der Waals surface area (Å²) in [6.07, 6.45) is 1.52. The number of nitrogens with zero attached hydrogens (tertiary/aromatic N) is 1. The second kappa shape index (κ2) is 6.88. The van der Waals surface area contributed by atoms with E-state index in [2.05, 4.69) is 0 Å². The number of carbonyl (C=O) groups excluding carboxylic acids is 2. The van der Waals surface area contributed by atoms with E-state index in [1.807, 2.05) is 6.92 Å². The molecule has 2 aromatic rings. The Morgan fingerprint density at radius 2 is 1.92 bits per heavy atom. The number of hydrogen-bond acceptors (Lipinski definition) is 4. The van der Waals surface area contributed by atoms with Crippen molar-refractivity contribution in [2.45, 2.75) is 6.92 Å². The van der Waals surface area contributed by atoms with Gasteiger partial charge in [-0.2, -0.15) is 0 Å². The third-order valence-electron chi connectivity index (χ3n) is 3.35. The lowest BCUT2D eigenvalue weighted by molar-refractivity contribution is -0.113. The van der Waals surface area contributed by atoms with Crippen molar-refractivity contribution in [3.8, 4) is 5.75 Å². The normalized spacial score (nSPS) is 16.1. The lowest BCUT2D eigenvalue weighted by Crippen LogP contribution is -2.27. The summed E-state index contributed by atoms with van der Waals surface area (Å²) in [6, 6.07) is 12.6. The van der Waals surface area contributed by atoms with Crippen LogP contribution >= 0.6 is 11.8 Å². The maximum atomic E-state index is 13.2. The fraction of sp³-hybridized carbons (Fsp3) is 0.111. The molecule has 24 heavy (non-hydrogen) atoms. The Kier molecular flexibility index (Phi) is 4.66. The number of imide groups is 1. The third kappa shape index (κ3) is 3.33. The van der Waals surface area contributed by atoms with E-state index < -0.39 is 11.7 Å². The van der Waals surface area contributed by atoms with Gasteiger partial charge in [-0.3, -0.25) is 9.59 Å². The molecule has 6 heteroatoms. The molecule has 1 aliphatic heterocycles. The van der Waals surface area contributed by atoms with Gasteiger partial charge in [-0.1, -0.05) is 12.1 Å². The minimum Gasteiger partial charge on any atom is -0.494 e. The van der Waals surface area contributed by atoms with Gasteiger partial charge < -0.3 is 4.74 Å². The van der Waals surface area contributed by atoms with Crippen LogP contribution in [0, 0.1) is 5.82 Å². The molecule has 0 saturated carbocycles. The van der Waals surface area contributed by atoms with E-state index in [1.165, 1.54) is 18.2 Å². The van der Waals surface area contributed by atoms with Gasteiger partial charge in [0.15, 0.2) is 0 Å². The third-order valence-corrected chi connectivity index (χ3v) is 4.22. The van der Waals surface area contributed by atoms with Gasteiger partial charge >= 0.3 is 0 Å². The van der Waals surface area contributed by atoms with Gasteiger partial charge in [0.25, 0.3) is 11.1 Å². The summed E-state index contributed by atoms with van der Waals surface area (Å²) in [7, 11) is 0. The standard InChI is InChI=1S/C18H14FNO3S/c1-2-23-15-8-6-14(7-9-15)20-17(21)16(24-18(20)22)11-12-4-3-5-13(19)10-12/h3-11H,2H2,1H3/b16-11+. The topological polar surface area (TPSA) is 46.6 Å². The van der Waals surface area contributed by atoms with E-state index >= 15 is 0 Å². The Balaban J connectivity index is 1.86. The molecule has 0 N–H and O–H groups in total. The van der Waals surface area contributed by atoms with Crippen molar-refractivity contribution in [1.82, 2.24) is 0 Å². The number of ether oxygens (including phenoxy) is 1. The smallest absolute Gasteiger partial charge is 0.298 e. The Morgan fingerprint density at radius 3 is 2.58 bits per heavy atom. The zero-order valence-electron chi connectivity index (χ0n) is 12.9. The minimum absolute atomic E-state index is 0.263. The molecule has 122 valence electrons. The van der Waals surface area contributed by atoms with E-state index in [0.717, 1.165) is 16.7 Å². The predicted molar refractivity (Wildman–Crippen MR) is 92.5 cm³/mol. The molecule has 2 aromatic carbocycles. The molecule has 2 amide bonds. The molecule has 0 bridgehead atoms. The molecule has 1 saturated heterocycles. The van der Waals surface area contributed by atoms with E-state index in [-0.39, 0.29) is 10.1 Å². The summed E-state index contributed by atoms with van der Waals surface area (Å²) in [5.41, 5.74) is 1.01. The number of amides is 2. The number of benzene rings is 2. The molecule has 4 nitrogen and oxygen atoms in total. The molecular weight excluding hydrogens is 329 g/mol. The van der Waals surface area contributed by atoms with Crippen LogP contribution in [0.3, 0.4) is 0 Å². The Labute approximate surface area is 142 Å². The summed E-state index contributed by atoms with van der Waals surface area (Å²) in [6.45, 7) is 2.42. The zero-order chi connectivity index (χ0) is 17.1. The zero-order valence-corrected chi connectivity index (χ0v) is 13.7. The summed E-state index contributed by atoms with van der Waals surface area (Å²) < 4.78 is 18.6. The molecule has 1 heterocycles. The van der Waals surface area contributed by atoms with Gasteiger partial charge in [0.1, 0.15) is 11.6 Å². The first-order valence-electron chi connectivity index (χ1n) is 7.35.